The van der Waals surface area contributed by atoms with Crippen molar-refractivity contribution in [2.45, 2.75) is 6.54 Å². The van der Waals surface area contributed by atoms with Gasteiger partial charge < -0.3 is 15.7 Å². The van der Waals surface area contributed by atoms with E-state index in [0.29, 0.717) is 5.75 Å². The predicted octanol–water partition coefficient (Wildman–Crippen LogP) is 0.701. The fraction of sp³-hybridized carbons (Fsp3) is 0.400. The molecule has 0 aliphatic heterocycles. The van der Waals surface area contributed by atoms with Gasteiger partial charge in [-0.15, -0.1) is 0 Å². The molecule has 0 amide bonds. The van der Waals surface area contributed by atoms with Crippen LogP contribution < -0.4 is 10.6 Å². The molecule has 0 aromatic heterocycles. The third-order valence-corrected chi connectivity index (χ3v) is 1.82. The molecule has 0 aliphatic carbocycles. The monoisotopic (exact) mass is 180 g/mol. The van der Waals surface area contributed by atoms with E-state index in [0.717, 1.165) is 19.6 Å². The molecule has 0 radical (unpaired) electrons. The first-order valence-electron chi connectivity index (χ1n) is 4.46. The summed E-state index contributed by atoms with van der Waals surface area (Å²) < 4.78 is 0. The second-order valence-corrected chi connectivity index (χ2v) is 2.95. The number of hydrogen-bond donors (Lipinski definition) is 3. The van der Waals surface area contributed by atoms with Crippen LogP contribution >= 0.6 is 0 Å². The van der Waals surface area contributed by atoms with Gasteiger partial charge in [0.2, 0.25) is 0 Å². The standard InChI is InChI=1S/C10H16N2O/c1-11-6-7-12-8-9-2-4-10(13)5-3-9/h2-5,11-13H,6-8H2,1H3. The van der Waals surface area contributed by atoms with E-state index in [1.54, 1.807) is 12.1 Å². The molecule has 3 nitrogen and oxygen atoms in total. The molecule has 0 aliphatic rings. The van der Waals surface area contributed by atoms with Crippen LogP contribution in [0.4, 0.5) is 0 Å². The van der Waals surface area contributed by atoms with Gasteiger partial charge in [0, 0.05) is 19.6 Å². The summed E-state index contributed by atoms with van der Waals surface area (Å²) in [6, 6.07) is 7.24. The minimum absolute atomic E-state index is 0.318. The maximum Gasteiger partial charge on any atom is 0.115 e. The van der Waals surface area contributed by atoms with Crippen LogP contribution in [0.3, 0.4) is 0 Å². The first-order valence-corrected chi connectivity index (χ1v) is 4.46. The summed E-state index contributed by atoms with van der Waals surface area (Å²) in [6.45, 7) is 2.78. The van der Waals surface area contributed by atoms with Crippen molar-refractivity contribution in [3.63, 3.8) is 0 Å². The topological polar surface area (TPSA) is 44.3 Å². The summed E-state index contributed by atoms with van der Waals surface area (Å²) in [5.74, 6) is 0.318. The van der Waals surface area contributed by atoms with Crippen molar-refractivity contribution in [2.24, 2.45) is 0 Å². The maximum atomic E-state index is 9.04. The third kappa shape index (κ3) is 3.92. The molecule has 1 aromatic carbocycles. The van der Waals surface area contributed by atoms with Gasteiger partial charge in [-0.1, -0.05) is 12.1 Å². The second kappa shape index (κ2) is 5.56. The zero-order valence-electron chi connectivity index (χ0n) is 7.88. The van der Waals surface area contributed by atoms with Crippen LogP contribution in [0.15, 0.2) is 24.3 Å². The van der Waals surface area contributed by atoms with E-state index in [4.69, 9.17) is 5.11 Å². The van der Waals surface area contributed by atoms with Crippen molar-refractivity contribution in [1.82, 2.24) is 10.6 Å². The Morgan fingerprint density at radius 1 is 1.15 bits per heavy atom. The van der Waals surface area contributed by atoms with E-state index >= 15 is 0 Å². The summed E-state index contributed by atoms with van der Waals surface area (Å²) in [6.07, 6.45) is 0. The largest absolute Gasteiger partial charge is 0.508 e. The van der Waals surface area contributed by atoms with Crippen LogP contribution in [0.1, 0.15) is 5.56 Å². The SMILES string of the molecule is CNCCNCc1ccc(O)cc1. The molecule has 0 heterocycles. The summed E-state index contributed by atoms with van der Waals surface area (Å²) in [7, 11) is 1.93. The van der Waals surface area contributed by atoms with E-state index < -0.39 is 0 Å². The van der Waals surface area contributed by atoms with Crippen LogP contribution in [-0.4, -0.2) is 25.2 Å². The lowest BCUT2D eigenvalue weighted by molar-refractivity contribution is 0.475. The van der Waals surface area contributed by atoms with Crippen molar-refractivity contribution in [3.8, 4) is 5.75 Å². The molecule has 0 saturated heterocycles. The number of hydrogen-bond acceptors (Lipinski definition) is 3. The number of benzene rings is 1. The Morgan fingerprint density at radius 3 is 2.46 bits per heavy atom. The zero-order chi connectivity index (χ0) is 9.52. The zero-order valence-corrected chi connectivity index (χ0v) is 7.88. The molecule has 0 fully saturated rings. The molecule has 1 rings (SSSR count). The summed E-state index contributed by atoms with van der Waals surface area (Å²) in [4.78, 5) is 0. The summed E-state index contributed by atoms with van der Waals surface area (Å²) in [5.41, 5.74) is 1.19. The van der Waals surface area contributed by atoms with Crippen LogP contribution in [0.5, 0.6) is 5.75 Å². The van der Waals surface area contributed by atoms with Crippen LogP contribution in [0.25, 0.3) is 0 Å². The summed E-state index contributed by atoms with van der Waals surface area (Å²) >= 11 is 0. The molecule has 3 N–H and O–H groups in total. The van der Waals surface area contributed by atoms with E-state index in [-0.39, 0.29) is 0 Å². The summed E-state index contributed by atoms with van der Waals surface area (Å²) in [5, 5.41) is 15.4. The van der Waals surface area contributed by atoms with Crippen molar-refractivity contribution < 1.29 is 5.11 Å². The fourth-order valence-electron chi connectivity index (χ4n) is 1.06. The molecule has 0 saturated carbocycles. The molecule has 0 bridgehead atoms. The van der Waals surface area contributed by atoms with E-state index in [1.807, 2.05) is 19.2 Å². The van der Waals surface area contributed by atoms with Gasteiger partial charge >= 0.3 is 0 Å². The highest BCUT2D eigenvalue weighted by Crippen LogP contribution is 2.08. The lowest BCUT2D eigenvalue weighted by atomic mass is 10.2. The predicted molar refractivity (Wildman–Crippen MR) is 53.7 cm³/mol. The number of likely N-dealkylation sites (N-methyl/N-ethyl adjacent to an activating group) is 1. The van der Waals surface area contributed by atoms with Gasteiger partial charge in [-0.2, -0.15) is 0 Å². The van der Waals surface area contributed by atoms with Gasteiger partial charge in [0.25, 0.3) is 0 Å². The average molecular weight is 180 g/mol. The van der Waals surface area contributed by atoms with Gasteiger partial charge in [0.1, 0.15) is 5.75 Å². The van der Waals surface area contributed by atoms with Gasteiger partial charge in [-0.3, -0.25) is 0 Å². The van der Waals surface area contributed by atoms with Gasteiger partial charge in [0.15, 0.2) is 0 Å². The maximum absolute atomic E-state index is 9.04. The Balaban J connectivity index is 2.25. The van der Waals surface area contributed by atoms with Crippen LogP contribution in [-0.2, 0) is 6.54 Å². The molecule has 0 atom stereocenters. The van der Waals surface area contributed by atoms with Crippen LogP contribution in [0.2, 0.25) is 0 Å². The number of aromatic hydroxyl groups is 1. The van der Waals surface area contributed by atoms with Crippen LogP contribution in [0, 0.1) is 0 Å². The molecule has 0 spiro atoms. The highest BCUT2D eigenvalue weighted by molar-refractivity contribution is 5.25. The highest BCUT2D eigenvalue weighted by atomic mass is 16.3. The molecule has 0 unspecified atom stereocenters. The first-order chi connectivity index (χ1) is 6.33. The lowest BCUT2D eigenvalue weighted by Gasteiger charge is -2.04. The number of rotatable bonds is 5. The smallest absolute Gasteiger partial charge is 0.115 e. The van der Waals surface area contributed by atoms with Gasteiger partial charge in [0.05, 0.1) is 0 Å². The van der Waals surface area contributed by atoms with Crippen molar-refractivity contribution in [1.29, 1.82) is 0 Å². The van der Waals surface area contributed by atoms with E-state index in [1.165, 1.54) is 5.56 Å². The normalized spacial score (nSPS) is 10.2. The van der Waals surface area contributed by atoms with Crippen molar-refractivity contribution >= 4 is 0 Å². The molecule has 1 aromatic rings. The minimum Gasteiger partial charge on any atom is -0.508 e. The minimum atomic E-state index is 0.318. The molecular formula is C10H16N2O. The Bertz CT molecular complexity index is 233. The number of nitrogens with one attached hydrogen (secondary N) is 2. The average Bonchev–Trinajstić information content (AvgIpc) is 2.15. The highest BCUT2D eigenvalue weighted by Gasteiger charge is 1.91. The molecule has 3 heteroatoms. The molecule has 72 valence electrons. The third-order valence-electron chi connectivity index (χ3n) is 1.82. The van der Waals surface area contributed by atoms with E-state index in [2.05, 4.69) is 10.6 Å². The van der Waals surface area contributed by atoms with Crippen molar-refractivity contribution in [2.75, 3.05) is 20.1 Å². The Hall–Kier alpha value is -1.06. The number of phenols is 1. The number of phenolic OH excluding ortho intramolecular Hbond substituents is 1. The Morgan fingerprint density at radius 2 is 1.85 bits per heavy atom. The van der Waals surface area contributed by atoms with Gasteiger partial charge in [-0.05, 0) is 24.7 Å². The lowest BCUT2D eigenvalue weighted by Crippen LogP contribution is -2.24. The first kappa shape index (κ1) is 10.0. The quantitative estimate of drug-likeness (QED) is 0.584. The van der Waals surface area contributed by atoms with Gasteiger partial charge in [-0.25, -0.2) is 0 Å². The molecular weight excluding hydrogens is 164 g/mol. The fourth-order valence-corrected chi connectivity index (χ4v) is 1.06. The Labute approximate surface area is 78.8 Å². The van der Waals surface area contributed by atoms with Crippen molar-refractivity contribution in [3.05, 3.63) is 29.8 Å². The van der Waals surface area contributed by atoms with E-state index in [9.17, 15) is 0 Å². The Kier molecular flexibility index (Phi) is 4.29. The molecule has 13 heavy (non-hydrogen) atoms. The second-order valence-electron chi connectivity index (χ2n) is 2.95.